The second-order valence-electron chi connectivity index (χ2n) is 10.7. The fourth-order valence-corrected chi connectivity index (χ4v) is 8.36. The topological polar surface area (TPSA) is 81.0 Å². The van der Waals surface area contributed by atoms with Gasteiger partial charge in [0, 0.05) is 24.6 Å². The summed E-state index contributed by atoms with van der Waals surface area (Å²) < 4.78 is 1.93. The Balaban J connectivity index is 1.27. The molecule has 7 nitrogen and oxygen atoms in total. The molecule has 1 aliphatic heterocycles. The molecule has 33 heavy (non-hydrogen) atoms. The quantitative estimate of drug-likeness (QED) is 0.574. The van der Waals surface area contributed by atoms with Crippen LogP contribution in [-0.2, 0) is 16.1 Å². The molecule has 2 aromatic rings. The number of ketones is 1. The zero-order valence-electron chi connectivity index (χ0n) is 19.2. The third-order valence-corrected chi connectivity index (χ3v) is 9.34. The SMILES string of the molecule is C[C@@H](Sc1nnc(CN2CCCC2=O)n1-c1ccccn1)C(=O)C12CC3CC(CC(C3)C1)C2. The lowest BCUT2D eigenvalue weighted by molar-refractivity contribution is -0.143. The van der Waals surface area contributed by atoms with Gasteiger partial charge in [0.05, 0.1) is 11.8 Å². The molecule has 2 aromatic heterocycles. The average molecular weight is 466 g/mol. The van der Waals surface area contributed by atoms with E-state index in [0.29, 0.717) is 29.7 Å². The molecule has 0 spiro atoms. The highest BCUT2D eigenvalue weighted by atomic mass is 32.2. The van der Waals surface area contributed by atoms with Gasteiger partial charge in [0.2, 0.25) is 5.91 Å². The number of pyridine rings is 1. The number of rotatable bonds is 7. The normalized spacial score (nSPS) is 31.4. The Morgan fingerprint density at radius 2 is 1.88 bits per heavy atom. The molecular weight excluding hydrogens is 434 g/mol. The molecule has 5 fully saturated rings. The molecule has 1 saturated heterocycles. The van der Waals surface area contributed by atoms with Crippen LogP contribution in [0.4, 0.5) is 0 Å². The van der Waals surface area contributed by atoms with Gasteiger partial charge in [-0.2, -0.15) is 0 Å². The van der Waals surface area contributed by atoms with Crippen molar-refractivity contribution < 1.29 is 9.59 Å². The van der Waals surface area contributed by atoms with Crippen molar-refractivity contribution in [3.8, 4) is 5.82 Å². The summed E-state index contributed by atoms with van der Waals surface area (Å²) in [4.78, 5) is 32.4. The van der Waals surface area contributed by atoms with Crippen molar-refractivity contribution >= 4 is 23.5 Å². The standard InChI is InChI=1S/C25H31N5O2S/c1-16(23(32)25-12-17-9-18(13-25)11-19(10-17)14-25)33-24-28-27-21(15-29-8-4-6-22(29)31)30(24)20-5-2-3-7-26-20/h2-3,5,7,16-19H,4,6,8-15H2,1H3/t16-,17?,18?,19?,25?/m1/s1. The Labute approximate surface area is 198 Å². The van der Waals surface area contributed by atoms with Gasteiger partial charge in [-0.15, -0.1) is 10.2 Å². The lowest BCUT2D eigenvalue weighted by Gasteiger charge is -2.56. The second-order valence-corrected chi connectivity index (χ2v) is 12.0. The summed E-state index contributed by atoms with van der Waals surface area (Å²) in [6.07, 6.45) is 10.5. The molecule has 0 radical (unpaired) electrons. The molecule has 7 rings (SSSR count). The van der Waals surface area contributed by atoms with Crippen LogP contribution < -0.4 is 0 Å². The van der Waals surface area contributed by atoms with E-state index in [1.165, 1.54) is 31.0 Å². The van der Waals surface area contributed by atoms with E-state index < -0.39 is 0 Å². The van der Waals surface area contributed by atoms with Crippen molar-refractivity contribution in [3.63, 3.8) is 0 Å². The minimum Gasteiger partial charge on any atom is -0.335 e. The molecular formula is C25H31N5O2S. The Hall–Kier alpha value is -2.22. The molecule has 1 amide bonds. The molecule has 4 saturated carbocycles. The smallest absolute Gasteiger partial charge is 0.223 e. The summed E-state index contributed by atoms with van der Waals surface area (Å²) >= 11 is 1.50. The first-order valence-electron chi connectivity index (χ1n) is 12.4. The van der Waals surface area contributed by atoms with E-state index >= 15 is 0 Å². The third kappa shape index (κ3) is 3.80. The van der Waals surface area contributed by atoms with Crippen LogP contribution in [0.2, 0.25) is 0 Å². The monoisotopic (exact) mass is 465 g/mol. The van der Waals surface area contributed by atoms with E-state index in [1.54, 1.807) is 6.20 Å². The number of Topliss-reactive ketones (excluding diaryl/α,β-unsaturated/α-hetero) is 1. The fraction of sp³-hybridized carbons (Fsp3) is 0.640. The molecule has 4 bridgehead atoms. The predicted molar refractivity (Wildman–Crippen MR) is 125 cm³/mol. The molecule has 0 unspecified atom stereocenters. The Morgan fingerprint density at radius 3 is 2.48 bits per heavy atom. The first-order valence-corrected chi connectivity index (χ1v) is 13.2. The maximum atomic E-state index is 13.8. The number of hydrogen-bond donors (Lipinski definition) is 0. The summed E-state index contributed by atoms with van der Waals surface area (Å²) in [5.41, 5.74) is -0.123. The van der Waals surface area contributed by atoms with Crippen molar-refractivity contribution in [2.24, 2.45) is 23.2 Å². The maximum Gasteiger partial charge on any atom is 0.223 e. The molecule has 5 aliphatic rings. The van der Waals surface area contributed by atoms with E-state index in [9.17, 15) is 9.59 Å². The Kier molecular flexibility index (Phi) is 5.31. The molecule has 174 valence electrons. The van der Waals surface area contributed by atoms with E-state index in [-0.39, 0.29) is 16.6 Å². The number of hydrogen-bond acceptors (Lipinski definition) is 6. The molecule has 0 aromatic carbocycles. The summed E-state index contributed by atoms with van der Waals surface area (Å²) in [6.45, 7) is 3.20. The van der Waals surface area contributed by atoms with Crippen molar-refractivity contribution in [2.45, 2.75) is 75.2 Å². The van der Waals surface area contributed by atoms with Crippen LogP contribution in [0.1, 0.15) is 64.1 Å². The van der Waals surface area contributed by atoms with Crippen LogP contribution in [-0.4, -0.2) is 48.1 Å². The molecule has 4 aliphatic carbocycles. The van der Waals surface area contributed by atoms with Crippen LogP contribution in [0, 0.1) is 23.2 Å². The number of amides is 1. The first-order chi connectivity index (χ1) is 16.0. The third-order valence-electron chi connectivity index (χ3n) is 8.29. The average Bonchev–Trinajstić information content (AvgIpc) is 3.39. The number of thioether (sulfide) groups is 1. The summed E-state index contributed by atoms with van der Waals surface area (Å²) in [5, 5.41) is 9.41. The number of carbonyl (C=O) groups is 2. The largest absolute Gasteiger partial charge is 0.335 e. The van der Waals surface area contributed by atoms with E-state index in [2.05, 4.69) is 15.2 Å². The molecule has 1 atom stereocenters. The predicted octanol–water partition coefficient (Wildman–Crippen LogP) is 4.05. The Morgan fingerprint density at radius 1 is 1.15 bits per heavy atom. The molecule has 3 heterocycles. The van der Waals surface area contributed by atoms with Crippen molar-refractivity contribution in [3.05, 3.63) is 30.2 Å². The van der Waals surface area contributed by atoms with Gasteiger partial charge < -0.3 is 4.90 Å². The van der Waals surface area contributed by atoms with Gasteiger partial charge in [0.1, 0.15) is 5.82 Å². The van der Waals surface area contributed by atoms with Crippen molar-refractivity contribution in [2.75, 3.05) is 6.54 Å². The van der Waals surface area contributed by atoms with Crippen LogP contribution in [0.15, 0.2) is 29.6 Å². The lowest BCUT2D eigenvalue weighted by Crippen LogP contribution is -2.51. The number of aromatic nitrogens is 4. The maximum absolute atomic E-state index is 13.8. The van der Waals surface area contributed by atoms with Crippen molar-refractivity contribution in [1.82, 2.24) is 24.6 Å². The second kappa shape index (κ2) is 8.22. The molecule has 8 heteroatoms. The zero-order chi connectivity index (χ0) is 22.6. The lowest BCUT2D eigenvalue weighted by atomic mass is 9.48. The molecule has 0 N–H and O–H groups in total. The van der Waals surface area contributed by atoms with Gasteiger partial charge in [-0.25, -0.2) is 4.98 Å². The van der Waals surface area contributed by atoms with E-state index in [4.69, 9.17) is 0 Å². The van der Waals surface area contributed by atoms with Crippen LogP contribution in [0.3, 0.4) is 0 Å². The highest BCUT2D eigenvalue weighted by Crippen LogP contribution is 2.61. The summed E-state index contributed by atoms with van der Waals surface area (Å²) in [7, 11) is 0. The van der Waals surface area contributed by atoms with Gasteiger partial charge >= 0.3 is 0 Å². The van der Waals surface area contributed by atoms with Crippen LogP contribution in [0.5, 0.6) is 0 Å². The zero-order valence-corrected chi connectivity index (χ0v) is 20.0. The Bertz CT molecular complexity index is 1030. The van der Waals surface area contributed by atoms with Gasteiger partial charge in [-0.3, -0.25) is 14.2 Å². The van der Waals surface area contributed by atoms with Crippen molar-refractivity contribution in [1.29, 1.82) is 0 Å². The minimum atomic E-state index is -0.186. The highest BCUT2D eigenvalue weighted by Gasteiger charge is 2.55. The number of nitrogens with zero attached hydrogens (tertiary/aromatic N) is 5. The van der Waals surface area contributed by atoms with Crippen LogP contribution >= 0.6 is 11.8 Å². The van der Waals surface area contributed by atoms with Crippen LogP contribution in [0.25, 0.3) is 5.82 Å². The van der Waals surface area contributed by atoms with Gasteiger partial charge in [-0.1, -0.05) is 17.8 Å². The fourth-order valence-electron chi connectivity index (χ4n) is 7.29. The minimum absolute atomic E-state index is 0.123. The highest BCUT2D eigenvalue weighted by molar-refractivity contribution is 8.00. The van der Waals surface area contributed by atoms with Gasteiger partial charge in [0.25, 0.3) is 0 Å². The number of likely N-dealkylation sites (tertiary alicyclic amines) is 1. The summed E-state index contributed by atoms with van der Waals surface area (Å²) in [5.74, 6) is 4.23. The van der Waals surface area contributed by atoms with Gasteiger partial charge in [0.15, 0.2) is 16.8 Å². The first kappa shape index (κ1) is 21.3. The van der Waals surface area contributed by atoms with E-state index in [1.807, 2.05) is 34.6 Å². The van der Waals surface area contributed by atoms with E-state index in [0.717, 1.165) is 55.8 Å². The number of carbonyl (C=O) groups excluding carboxylic acids is 2. The van der Waals surface area contributed by atoms with Gasteiger partial charge in [-0.05, 0) is 81.8 Å². The summed E-state index contributed by atoms with van der Waals surface area (Å²) in [6, 6.07) is 5.74.